The Morgan fingerprint density at radius 2 is 1.62 bits per heavy atom. The van der Waals surface area contributed by atoms with Crippen LogP contribution in [0.15, 0.2) is 65.6 Å². The van der Waals surface area contributed by atoms with E-state index in [0.717, 1.165) is 10.5 Å². The van der Waals surface area contributed by atoms with Gasteiger partial charge in [0.1, 0.15) is 15.1 Å². The van der Waals surface area contributed by atoms with Crippen molar-refractivity contribution in [2.45, 2.75) is 16.6 Å². The van der Waals surface area contributed by atoms with Crippen molar-refractivity contribution in [3.05, 3.63) is 66.2 Å². The van der Waals surface area contributed by atoms with Crippen molar-refractivity contribution in [2.24, 2.45) is 0 Å². The van der Waals surface area contributed by atoms with Crippen LogP contribution in [0.25, 0.3) is 0 Å². The van der Waals surface area contributed by atoms with Crippen molar-refractivity contribution in [1.29, 1.82) is 0 Å². The van der Waals surface area contributed by atoms with Crippen molar-refractivity contribution < 1.29 is 13.2 Å². The van der Waals surface area contributed by atoms with Crippen molar-refractivity contribution in [1.82, 2.24) is 5.32 Å². The van der Waals surface area contributed by atoms with Crippen LogP contribution in [0.3, 0.4) is 0 Å². The molecule has 0 spiro atoms. The van der Waals surface area contributed by atoms with Gasteiger partial charge in [-0.15, -0.1) is 11.8 Å². The van der Waals surface area contributed by atoms with Crippen LogP contribution < -0.4 is 5.32 Å². The molecule has 0 aliphatic carbocycles. The van der Waals surface area contributed by atoms with Gasteiger partial charge in [0.15, 0.2) is 0 Å². The van der Waals surface area contributed by atoms with E-state index in [1.807, 2.05) is 60.7 Å². The molecule has 2 aromatic rings. The Bertz CT molecular complexity index is 746. The Balaban J connectivity index is 2.04. The highest BCUT2D eigenvalue weighted by Crippen LogP contribution is 2.35. The first-order chi connectivity index (χ1) is 11.5. The summed E-state index contributed by atoms with van der Waals surface area (Å²) < 4.78 is 22.3. The fourth-order valence-corrected chi connectivity index (χ4v) is 3.91. The molecule has 0 aromatic heterocycles. The summed E-state index contributed by atoms with van der Waals surface area (Å²) in [5.41, 5.74) is 0.923. The van der Waals surface area contributed by atoms with Crippen LogP contribution in [0.2, 0.25) is 0 Å². The van der Waals surface area contributed by atoms with Gasteiger partial charge < -0.3 is 5.32 Å². The molecule has 0 fully saturated rings. The molecule has 0 aliphatic heterocycles. The number of carbonyl (C=O) groups is 1. The van der Waals surface area contributed by atoms with Gasteiger partial charge in [0.05, 0.1) is 5.75 Å². The average molecular weight is 364 g/mol. The lowest BCUT2D eigenvalue weighted by Crippen LogP contribution is -2.29. The van der Waals surface area contributed by atoms with Crippen LogP contribution in [0.1, 0.15) is 17.2 Å². The van der Waals surface area contributed by atoms with E-state index in [1.54, 1.807) is 0 Å². The molecular formula is C18H21NO3S2. The highest BCUT2D eigenvalue weighted by molar-refractivity contribution is 8.00. The molecule has 0 aliphatic rings. The molecule has 1 N–H and O–H groups in total. The lowest BCUT2D eigenvalue weighted by molar-refractivity contribution is -0.120. The van der Waals surface area contributed by atoms with Gasteiger partial charge in [-0.1, -0.05) is 48.5 Å². The predicted octanol–water partition coefficient (Wildman–Crippen LogP) is 3.07. The second kappa shape index (κ2) is 8.89. The summed E-state index contributed by atoms with van der Waals surface area (Å²) in [5.74, 6) is -0.0293. The van der Waals surface area contributed by atoms with Crippen LogP contribution in [0.4, 0.5) is 0 Å². The third-order valence-corrected chi connectivity index (χ3v) is 5.63. The quantitative estimate of drug-likeness (QED) is 0.578. The normalized spacial score (nSPS) is 12.5. The number of carbonyl (C=O) groups excluding carboxylic acids is 1. The summed E-state index contributed by atoms with van der Waals surface area (Å²) in [6, 6.07) is 19.3. The largest absolute Gasteiger partial charge is 0.355 e. The summed E-state index contributed by atoms with van der Waals surface area (Å²) in [7, 11) is -3.00. The minimum absolute atomic E-state index is 0.0785. The SMILES string of the molecule is CS(=O)(=O)CCCNC(=O)C(Sc1ccccc1)c1ccccc1. The van der Waals surface area contributed by atoms with E-state index < -0.39 is 9.84 Å². The number of hydrogen-bond donors (Lipinski definition) is 1. The summed E-state index contributed by atoms with van der Waals surface area (Å²) in [4.78, 5) is 13.6. The molecule has 4 nitrogen and oxygen atoms in total. The van der Waals surface area contributed by atoms with E-state index >= 15 is 0 Å². The molecule has 0 bridgehead atoms. The lowest BCUT2D eigenvalue weighted by atomic mass is 10.1. The number of hydrogen-bond acceptors (Lipinski definition) is 4. The Labute approximate surface area is 147 Å². The van der Waals surface area contributed by atoms with E-state index in [2.05, 4.69) is 5.32 Å². The van der Waals surface area contributed by atoms with Gasteiger partial charge in [-0.2, -0.15) is 0 Å². The van der Waals surface area contributed by atoms with Crippen molar-refractivity contribution in [3.63, 3.8) is 0 Å². The van der Waals surface area contributed by atoms with Gasteiger partial charge in [-0.25, -0.2) is 8.42 Å². The zero-order chi connectivity index (χ0) is 17.4. The Morgan fingerprint density at radius 1 is 1.04 bits per heavy atom. The Morgan fingerprint density at radius 3 is 2.21 bits per heavy atom. The van der Waals surface area contributed by atoms with Crippen LogP contribution in [0, 0.1) is 0 Å². The molecule has 2 rings (SSSR count). The molecule has 0 heterocycles. The van der Waals surface area contributed by atoms with Crippen LogP contribution in [-0.4, -0.2) is 32.9 Å². The van der Waals surface area contributed by atoms with Gasteiger partial charge in [0, 0.05) is 17.7 Å². The van der Waals surface area contributed by atoms with Gasteiger partial charge in [0.2, 0.25) is 5.91 Å². The second-order valence-corrected chi connectivity index (χ2v) is 8.93. The predicted molar refractivity (Wildman–Crippen MR) is 98.8 cm³/mol. The molecule has 0 saturated carbocycles. The number of sulfone groups is 1. The summed E-state index contributed by atoms with van der Waals surface area (Å²) in [6.07, 6.45) is 1.62. The standard InChI is InChI=1S/C18H21NO3S2/c1-24(21,22)14-8-13-19-18(20)17(15-9-4-2-5-10-15)23-16-11-6-3-7-12-16/h2-7,9-12,17H,8,13-14H2,1H3,(H,19,20). The van der Waals surface area contributed by atoms with E-state index in [4.69, 9.17) is 0 Å². The lowest BCUT2D eigenvalue weighted by Gasteiger charge is -2.17. The molecule has 0 saturated heterocycles. The molecule has 24 heavy (non-hydrogen) atoms. The van der Waals surface area contributed by atoms with E-state index in [-0.39, 0.29) is 16.9 Å². The molecule has 1 amide bonds. The first-order valence-electron chi connectivity index (χ1n) is 7.68. The maximum Gasteiger partial charge on any atom is 0.237 e. The number of rotatable bonds is 8. The van der Waals surface area contributed by atoms with E-state index in [1.165, 1.54) is 18.0 Å². The maximum atomic E-state index is 12.6. The highest BCUT2D eigenvalue weighted by Gasteiger charge is 2.21. The monoisotopic (exact) mass is 363 g/mol. The number of benzene rings is 2. The highest BCUT2D eigenvalue weighted by atomic mass is 32.2. The second-order valence-electron chi connectivity index (χ2n) is 5.50. The number of thioether (sulfide) groups is 1. The number of amides is 1. The minimum atomic E-state index is -3.00. The fraction of sp³-hybridized carbons (Fsp3) is 0.278. The molecule has 128 valence electrons. The van der Waals surface area contributed by atoms with Gasteiger partial charge >= 0.3 is 0 Å². The van der Waals surface area contributed by atoms with Gasteiger partial charge in [-0.3, -0.25) is 4.79 Å². The summed E-state index contributed by atoms with van der Waals surface area (Å²) in [6.45, 7) is 0.352. The first kappa shape index (κ1) is 18.5. The van der Waals surface area contributed by atoms with E-state index in [0.29, 0.717) is 13.0 Å². The maximum absolute atomic E-state index is 12.6. The minimum Gasteiger partial charge on any atom is -0.355 e. The van der Waals surface area contributed by atoms with Gasteiger partial charge in [0.25, 0.3) is 0 Å². The van der Waals surface area contributed by atoms with Crippen LogP contribution in [-0.2, 0) is 14.6 Å². The third-order valence-electron chi connectivity index (χ3n) is 3.33. The molecule has 6 heteroatoms. The average Bonchev–Trinajstić information content (AvgIpc) is 2.57. The third kappa shape index (κ3) is 6.37. The van der Waals surface area contributed by atoms with Crippen LogP contribution >= 0.6 is 11.8 Å². The van der Waals surface area contributed by atoms with E-state index in [9.17, 15) is 13.2 Å². The van der Waals surface area contributed by atoms with Gasteiger partial charge in [-0.05, 0) is 24.1 Å². The Kier molecular flexibility index (Phi) is 6.87. The number of nitrogens with one attached hydrogen (secondary N) is 1. The molecule has 0 radical (unpaired) electrons. The van der Waals surface area contributed by atoms with Crippen LogP contribution in [0.5, 0.6) is 0 Å². The smallest absolute Gasteiger partial charge is 0.237 e. The molecular weight excluding hydrogens is 342 g/mol. The topological polar surface area (TPSA) is 63.2 Å². The summed E-state index contributed by atoms with van der Waals surface area (Å²) >= 11 is 1.48. The van der Waals surface area contributed by atoms with Crippen molar-refractivity contribution in [3.8, 4) is 0 Å². The zero-order valence-corrected chi connectivity index (χ0v) is 15.1. The van der Waals surface area contributed by atoms with Crippen molar-refractivity contribution in [2.75, 3.05) is 18.6 Å². The fourth-order valence-electron chi connectivity index (χ4n) is 2.17. The zero-order valence-electron chi connectivity index (χ0n) is 13.5. The first-order valence-corrected chi connectivity index (χ1v) is 10.6. The van der Waals surface area contributed by atoms with Crippen molar-refractivity contribution >= 4 is 27.5 Å². The molecule has 1 atom stereocenters. The molecule has 2 aromatic carbocycles. The summed E-state index contributed by atoms with van der Waals surface area (Å²) in [5, 5.41) is 2.48. The Hall–Kier alpha value is -1.79. The molecule has 1 unspecified atom stereocenters.